The van der Waals surface area contributed by atoms with Crippen molar-refractivity contribution in [3.63, 3.8) is 0 Å². The van der Waals surface area contributed by atoms with E-state index in [2.05, 4.69) is 41.5 Å². The van der Waals surface area contributed by atoms with E-state index < -0.39 is 0 Å². The minimum atomic E-state index is 0. The average molecular weight is 270 g/mol. The normalized spacial score (nSPS) is 14.1. The first-order valence-electron chi connectivity index (χ1n) is 4.59. The molecule has 0 aliphatic rings. The maximum atomic E-state index is 2.32. The van der Waals surface area contributed by atoms with Gasteiger partial charge in [-0.3, -0.25) is 15.7 Å². The Kier molecular flexibility index (Phi) is 6.68. The van der Waals surface area contributed by atoms with Crippen LogP contribution in [0.1, 0.15) is 51.6 Å². The van der Waals surface area contributed by atoms with E-state index >= 15 is 0 Å². The minimum Gasteiger partial charge on any atom is -0.274 e. The van der Waals surface area contributed by atoms with E-state index in [1.807, 2.05) is 0 Å². The first-order chi connectivity index (χ1) is 5.71. The van der Waals surface area contributed by atoms with E-state index in [4.69, 9.17) is 0 Å². The summed E-state index contributed by atoms with van der Waals surface area (Å²) >= 11 is 0. The molecule has 0 fully saturated rings. The van der Waals surface area contributed by atoms with E-state index in [-0.39, 0.29) is 51.4 Å². The van der Waals surface area contributed by atoms with Crippen LogP contribution in [0.15, 0.2) is 0 Å². The van der Waals surface area contributed by atoms with Crippen LogP contribution in [-0.2, 0) is 10.8 Å². The molecule has 14 heavy (non-hydrogen) atoms. The summed E-state index contributed by atoms with van der Waals surface area (Å²) in [7, 11) is 4.59. The van der Waals surface area contributed by atoms with E-state index in [1.54, 1.807) is 10.1 Å². The van der Waals surface area contributed by atoms with Crippen molar-refractivity contribution in [2.24, 2.45) is 0 Å². The quantitative estimate of drug-likeness (QED) is 0.636. The van der Waals surface area contributed by atoms with Crippen LogP contribution in [0.5, 0.6) is 0 Å². The van der Waals surface area contributed by atoms with E-state index in [0.29, 0.717) is 10.8 Å². The van der Waals surface area contributed by atoms with Crippen molar-refractivity contribution < 1.29 is 51.4 Å². The molecule has 0 bridgehead atoms. The first kappa shape index (κ1) is 16.3. The predicted octanol–water partition coefficient (Wildman–Crippen LogP) is 2.74. The minimum absolute atomic E-state index is 0. The van der Waals surface area contributed by atoms with Crippen LogP contribution in [0.25, 0.3) is 0 Å². The van der Waals surface area contributed by atoms with Crippen molar-refractivity contribution >= 4 is 23.9 Å². The third-order valence-corrected chi connectivity index (χ3v) is 9.03. The van der Waals surface area contributed by atoms with Gasteiger partial charge in [0.15, 0.2) is 0 Å². The van der Waals surface area contributed by atoms with Crippen molar-refractivity contribution in [2.45, 2.75) is 52.4 Å². The molecule has 0 aliphatic heterocycles. The molecule has 1 heterocycles. The zero-order valence-electron chi connectivity index (χ0n) is 10.3. The molecule has 0 spiro atoms. The predicted molar refractivity (Wildman–Crippen MR) is 67.0 cm³/mol. The third-order valence-electron chi connectivity index (χ3n) is 1.79. The van der Waals surface area contributed by atoms with E-state index in [0.717, 1.165) is 0 Å². The summed E-state index contributed by atoms with van der Waals surface area (Å²) in [6.45, 7) is 13.9. The van der Waals surface area contributed by atoms with Gasteiger partial charge in [0.05, 0.1) is 0 Å². The van der Waals surface area contributed by atoms with Crippen molar-refractivity contribution in [3.05, 3.63) is 10.1 Å². The molecule has 4 heteroatoms. The standard InChI is InChI=1S/C10H18P3.K/c1-9(2,3)7-11-8(13-12-7)10(4,5)6;/h1-6H3;/q-1;+1. The summed E-state index contributed by atoms with van der Waals surface area (Å²) in [5.41, 5.74) is 0.784. The summed E-state index contributed by atoms with van der Waals surface area (Å²) in [5.74, 6) is 0. The molecule has 74 valence electrons. The van der Waals surface area contributed by atoms with Gasteiger partial charge in [0.25, 0.3) is 0 Å². The molecule has 0 aliphatic carbocycles. The molecular formula is C10H18KP3. The molecule has 0 saturated carbocycles. The van der Waals surface area contributed by atoms with Gasteiger partial charge in [-0.05, 0) is 10.8 Å². The Labute approximate surface area is 136 Å². The van der Waals surface area contributed by atoms with Gasteiger partial charge >= 0.3 is 51.4 Å². The smallest absolute Gasteiger partial charge is 0.274 e. The first-order valence-corrected chi connectivity index (χ1v) is 7.98. The monoisotopic (exact) mass is 270 g/mol. The molecule has 1 rings (SSSR count). The molecule has 1 aromatic rings. The molecular weight excluding hydrogens is 252 g/mol. The fraction of sp³-hybridized carbons (Fsp3) is 0.800. The summed E-state index contributed by atoms with van der Waals surface area (Å²) in [5, 5.41) is 3.36. The Morgan fingerprint density at radius 2 is 1.07 bits per heavy atom. The zero-order valence-corrected chi connectivity index (χ0v) is 16.1. The molecule has 1 aromatic heterocycles. The maximum absolute atomic E-state index is 2.32. The van der Waals surface area contributed by atoms with Crippen LogP contribution in [0.4, 0.5) is 0 Å². The SMILES string of the molecule is CC(C)(C)c1ppc(C(C)(C)C)[p-]1.[K+]. The molecule has 0 saturated heterocycles. The molecule has 0 N–H and O–H groups in total. The topological polar surface area (TPSA) is 0 Å². The van der Waals surface area contributed by atoms with Crippen LogP contribution < -0.4 is 51.4 Å². The summed E-state index contributed by atoms with van der Waals surface area (Å²) in [6.07, 6.45) is 0. The van der Waals surface area contributed by atoms with Gasteiger partial charge in [0, 0.05) is 0 Å². The number of hydrogen-bond acceptors (Lipinski definition) is 0. The van der Waals surface area contributed by atoms with Crippen molar-refractivity contribution in [2.75, 3.05) is 0 Å². The summed E-state index contributed by atoms with van der Waals surface area (Å²) in [6, 6.07) is 0. The third kappa shape index (κ3) is 4.64. The van der Waals surface area contributed by atoms with Gasteiger partial charge < -0.3 is 0 Å². The van der Waals surface area contributed by atoms with Crippen molar-refractivity contribution in [1.82, 2.24) is 0 Å². The Bertz CT molecular complexity index is 263. The maximum Gasteiger partial charge on any atom is 1.00 e. The zero-order chi connectivity index (χ0) is 10.3. The Morgan fingerprint density at radius 3 is 1.21 bits per heavy atom. The Hall–Kier alpha value is 2.28. The van der Waals surface area contributed by atoms with Gasteiger partial charge in [-0.2, -0.15) is 0 Å². The van der Waals surface area contributed by atoms with Crippen LogP contribution in [0.2, 0.25) is 0 Å². The van der Waals surface area contributed by atoms with Gasteiger partial charge in [-0.1, -0.05) is 41.5 Å². The fourth-order valence-corrected chi connectivity index (χ4v) is 7.71. The summed E-state index contributed by atoms with van der Waals surface area (Å²) < 4.78 is 0. The van der Waals surface area contributed by atoms with Gasteiger partial charge in [0.1, 0.15) is 0 Å². The molecule has 0 nitrogen and oxygen atoms in total. The summed E-state index contributed by atoms with van der Waals surface area (Å²) in [4.78, 5) is 0. The van der Waals surface area contributed by atoms with Crippen LogP contribution in [0.3, 0.4) is 0 Å². The molecule has 0 unspecified atom stereocenters. The van der Waals surface area contributed by atoms with Crippen LogP contribution >= 0.6 is 23.9 Å². The van der Waals surface area contributed by atoms with Crippen LogP contribution in [-0.4, -0.2) is 0 Å². The van der Waals surface area contributed by atoms with Gasteiger partial charge in [-0.25, -0.2) is 8.19 Å². The average Bonchev–Trinajstić information content (AvgIpc) is 2.28. The van der Waals surface area contributed by atoms with E-state index in [1.165, 1.54) is 23.9 Å². The molecule has 0 amide bonds. The largest absolute Gasteiger partial charge is 1.00 e. The van der Waals surface area contributed by atoms with Gasteiger partial charge in [0.2, 0.25) is 0 Å². The van der Waals surface area contributed by atoms with Crippen molar-refractivity contribution in [3.8, 4) is 0 Å². The van der Waals surface area contributed by atoms with Crippen LogP contribution in [0, 0.1) is 0 Å². The second-order valence-corrected chi connectivity index (χ2v) is 9.78. The molecule has 0 atom stereocenters. The van der Waals surface area contributed by atoms with Gasteiger partial charge in [-0.15, -0.1) is 10.1 Å². The Balaban J connectivity index is 0.00000169. The Morgan fingerprint density at radius 1 is 0.786 bits per heavy atom. The molecule has 0 aromatic carbocycles. The second kappa shape index (κ2) is 5.75. The second-order valence-electron chi connectivity index (χ2n) is 5.46. The fourth-order valence-electron chi connectivity index (χ4n) is 0.875. The van der Waals surface area contributed by atoms with Crippen molar-refractivity contribution in [1.29, 1.82) is 0 Å². The number of rotatable bonds is 0. The van der Waals surface area contributed by atoms with E-state index in [9.17, 15) is 0 Å². The number of hydrogen-bond donors (Lipinski definition) is 0. The molecule has 0 radical (unpaired) electrons.